The quantitative estimate of drug-likeness (QED) is 0.591. The van der Waals surface area contributed by atoms with Crippen LogP contribution in [0.4, 0.5) is 5.69 Å². The van der Waals surface area contributed by atoms with E-state index in [9.17, 15) is 0 Å². The summed E-state index contributed by atoms with van der Waals surface area (Å²) in [4.78, 5) is 4.68. The molecule has 0 aromatic heterocycles. The van der Waals surface area contributed by atoms with Crippen molar-refractivity contribution < 1.29 is 0 Å². The number of rotatable bonds is 3. The Balaban J connectivity index is 2.04. The van der Waals surface area contributed by atoms with Crippen LogP contribution < -0.4 is 0 Å². The molecule has 0 unspecified atom stereocenters. The standard InChI is InChI=1S/C22H23N/c1-3-18-8-7-9-20(16-23-21-10-5-4-6-11-21)22(18)19-14-12-17(2)13-15-19/h3-6,10-16H,7-9H2,1-2H3/b18-3+,23-16?. The monoisotopic (exact) mass is 301 g/mol. The molecule has 23 heavy (non-hydrogen) atoms. The van der Waals surface area contributed by atoms with E-state index in [1.807, 2.05) is 30.3 Å². The van der Waals surface area contributed by atoms with Crippen LogP contribution in [0.5, 0.6) is 0 Å². The Kier molecular flexibility index (Phi) is 4.87. The number of hydrogen-bond donors (Lipinski definition) is 0. The molecule has 1 nitrogen and oxygen atoms in total. The highest BCUT2D eigenvalue weighted by Crippen LogP contribution is 2.36. The minimum atomic E-state index is 1.01. The van der Waals surface area contributed by atoms with Gasteiger partial charge in [-0.15, -0.1) is 0 Å². The number of para-hydroxylation sites is 1. The van der Waals surface area contributed by atoms with Gasteiger partial charge in [-0.25, -0.2) is 0 Å². The van der Waals surface area contributed by atoms with Gasteiger partial charge in [-0.1, -0.05) is 54.1 Å². The molecule has 3 rings (SSSR count). The van der Waals surface area contributed by atoms with Crippen molar-refractivity contribution >= 4 is 17.5 Å². The number of hydrogen-bond acceptors (Lipinski definition) is 1. The summed E-state index contributed by atoms with van der Waals surface area (Å²) in [6, 6.07) is 19.0. The summed E-state index contributed by atoms with van der Waals surface area (Å²) in [6.45, 7) is 4.27. The van der Waals surface area contributed by atoms with Crippen LogP contribution in [-0.4, -0.2) is 6.21 Å². The van der Waals surface area contributed by atoms with E-state index in [0.717, 1.165) is 18.5 Å². The predicted molar refractivity (Wildman–Crippen MR) is 100 cm³/mol. The van der Waals surface area contributed by atoms with Crippen LogP contribution in [0.1, 0.15) is 37.3 Å². The number of nitrogens with zero attached hydrogens (tertiary/aromatic N) is 1. The van der Waals surface area contributed by atoms with Gasteiger partial charge < -0.3 is 0 Å². The predicted octanol–water partition coefficient (Wildman–Crippen LogP) is 6.28. The highest BCUT2D eigenvalue weighted by molar-refractivity contribution is 5.98. The van der Waals surface area contributed by atoms with E-state index in [4.69, 9.17) is 0 Å². The zero-order valence-electron chi connectivity index (χ0n) is 13.9. The summed E-state index contributed by atoms with van der Waals surface area (Å²) in [7, 11) is 0. The number of aliphatic imine (C=N–C) groups is 1. The first-order valence-corrected chi connectivity index (χ1v) is 8.33. The summed E-state index contributed by atoms with van der Waals surface area (Å²) < 4.78 is 0. The number of aryl methyl sites for hydroxylation is 1. The molecule has 1 aliphatic carbocycles. The van der Waals surface area contributed by atoms with Crippen molar-refractivity contribution in [3.63, 3.8) is 0 Å². The number of benzene rings is 2. The Morgan fingerprint density at radius 1 is 0.913 bits per heavy atom. The molecule has 0 spiro atoms. The lowest BCUT2D eigenvalue weighted by Gasteiger charge is -2.22. The molecule has 0 fully saturated rings. The van der Waals surface area contributed by atoms with Crippen LogP contribution in [0.15, 0.2) is 76.8 Å². The van der Waals surface area contributed by atoms with Gasteiger partial charge in [0, 0.05) is 6.21 Å². The average Bonchev–Trinajstić information content (AvgIpc) is 2.61. The highest BCUT2D eigenvalue weighted by Gasteiger charge is 2.17. The van der Waals surface area contributed by atoms with Crippen molar-refractivity contribution in [2.45, 2.75) is 33.1 Å². The lowest BCUT2D eigenvalue weighted by atomic mass is 9.83. The molecule has 0 N–H and O–H groups in total. The zero-order chi connectivity index (χ0) is 16.1. The largest absolute Gasteiger partial charge is 0.257 e. The average molecular weight is 301 g/mol. The lowest BCUT2D eigenvalue weighted by molar-refractivity contribution is 0.813. The molecule has 1 heteroatoms. The zero-order valence-corrected chi connectivity index (χ0v) is 13.9. The van der Waals surface area contributed by atoms with Gasteiger partial charge in [0.1, 0.15) is 0 Å². The minimum absolute atomic E-state index is 1.01. The second-order valence-corrected chi connectivity index (χ2v) is 6.03. The summed E-state index contributed by atoms with van der Waals surface area (Å²) in [5, 5.41) is 0. The first-order valence-electron chi connectivity index (χ1n) is 8.33. The van der Waals surface area contributed by atoms with Crippen molar-refractivity contribution in [1.82, 2.24) is 0 Å². The van der Waals surface area contributed by atoms with E-state index in [1.165, 1.54) is 34.3 Å². The van der Waals surface area contributed by atoms with Gasteiger partial charge >= 0.3 is 0 Å². The van der Waals surface area contributed by atoms with E-state index < -0.39 is 0 Å². The molecule has 0 atom stereocenters. The molecule has 0 aliphatic heterocycles. The second-order valence-electron chi connectivity index (χ2n) is 6.03. The fourth-order valence-electron chi connectivity index (χ4n) is 3.10. The van der Waals surface area contributed by atoms with Crippen molar-refractivity contribution in [3.8, 4) is 0 Å². The van der Waals surface area contributed by atoms with Gasteiger partial charge in [0.15, 0.2) is 0 Å². The van der Waals surface area contributed by atoms with Crippen LogP contribution in [-0.2, 0) is 0 Å². The Bertz CT molecular complexity index is 746. The molecule has 0 radical (unpaired) electrons. The molecular formula is C22H23N. The van der Waals surface area contributed by atoms with Crippen molar-refractivity contribution in [1.29, 1.82) is 0 Å². The van der Waals surface area contributed by atoms with Gasteiger partial charge in [0.2, 0.25) is 0 Å². The van der Waals surface area contributed by atoms with E-state index in [2.05, 4.69) is 55.4 Å². The molecular weight excluding hydrogens is 278 g/mol. The van der Waals surface area contributed by atoms with Crippen LogP contribution in [0, 0.1) is 6.92 Å². The Morgan fingerprint density at radius 3 is 2.35 bits per heavy atom. The third-order valence-corrected chi connectivity index (χ3v) is 4.35. The summed E-state index contributed by atoms with van der Waals surface area (Å²) >= 11 is 0. The first-order chi connectivity index (χ1) is 11.3. The van der Waals surface area contributed by atoms with Crippen LogP contribution in [0.25, 0.3) is 5.57 Å². The highest BCUT2D eigenvalue weighted by atomic mass is 14.7. The maximum Gasteiger partial charge on any atom is 0.0629 e. The molecule has 2 aromatic rings. The summed E-state index contributed by atoms with van der Waals surface area (Å²) in [5.41, 5.74) is 7.77. The Morgan fingerprint density at radius 2 is 1.65 bits per heavy atom. The Hall–Kier alpha value is -2.41. The van der Waals surface area contributed by atoms with Crippen LogP contribution in [0.3, 0.4) is 0 Å². The molecule has 1 aliphatic rings. The lowest BCUT2D eigenvalue weighted by Crippen LogP contribution is -2.04. The normalized spacial score (nSPS) is 17.2. The van der Waals surface area contributed by atoms with Crippen LogP contribution in [0.2, 0.25) is 0 Å². The van der Waals surface area contributed by atoms with Crippen molar-refractivity contribution in [3.05, 3.63) is 82.9 Å². The first kappa shape index (κ1) is 15.5. The van der Waals surface area contributed by atoms with Gasteiger partial charge in [0.05, 0.1) is 5.69 Å². The van der Waals surface area contributed by atoms with Gasteiger partial charge in [-0.05, 0) is 67.5 Å². The molecule has 0 saturated heterocycles. The molecule has 116 valence electrons. The van der Waals surface area contributed by atoms with E-state index in [1.54, 1.807) is 0 Å². The Labute approximate surface area is 139 Å². The topological polar surface area (TPSA) is 12.4 Å². The van der Waals surface area contributed by atoms with Crippen molar-refractivity contribution in [2.24, 2.45) is 4.99 Å². The van der Waals surface area contributed by atoms with Crippen molar-refractivity contribution in [2.75, 3.05) is 0 Å². The SMILES string of the molecule is C/C=C1\CCCC(C=Nc2ccccc2)=C1c1ccc(C)cc1. The summed E-state index contributed by atoms with van der Waals surface area (Å²) in [5.74, 6) is 0. The molecule has 0 amide bonds. The third kappa shape index (κ3) is 3.68. The second kappa shape index (κ2) is 7.23. The molecule has 0 heterocycles. The maximum atomic E-state index is 4.68. The third-order valence-electron chi connectivity index (χ3n) is 4.35. The van der Waals surface area contributed by atoms with Gasteiger partial charge in [0.25, 0.3) is 0 Å². The van der Waals surface area contributed by atoms with E-state index >= 15 is 0 Å². The minimum Gasteiger partial charge on any atom is -0.257 e. The molecule has 0 bridgehead atoms. The molecule has 0 saturated carbocycles. The molecule has 2 aromatic carbocycles. The fraction of sp³-hybridized carbons (Fsp3) is 0.227. The summed E-state index contributed by atoms with van der Waals surface area (Å²) in [6.07, 6.45) is 7.77. The van der Waals surface area contributed by atoms with Gasteiger partial charge in [-0.3, -0.25) is 4.99 Å². The number of allylic oxidation sites excluding steroid dienone is 4. The smallest absolute Gasteiger partial charge is 0.0629 e. The maximum absolute atomic E-state index is 4.68. The fourth-order valence-corrected chi connectivity index (χ4v) is 3.10. The van der Waals surface area contributed by atoms with Crippen LogP contribution >= 0.6 is 0 Å². The van der Waals surface area contributed by atoms with E-state index in [-0.39, 0.29) is 0 Å². The van der Waals surface area contributed by atoms with E-state index in [0.29, 0.717) is 0 Å². The van der Waals surface area contributed by atoms with Gasteiger partial charge in [-0.2, -0.15) is 0 Å².